The van der Waals surface area contributed by atoms with Crippen molar-refractivity contribution in [2.45, 2.75) is 33.4 Å². The second-order valence-electron chi connectivity index (χ2n) is 6.69. The highest BCUT2D eigenvalue weighted by atomic mass is 16.2. The largest absolute Gasteiger partial charge is 0.351 e. The topological polar surface area (TPSA) is 81.8 Å². The highest BCUT2D eigenvalue weighted by molar-refractivity contribution is 6.04. The van der Waals surface area contributed by atoms with Crippen LogP contribution in [-0.4, -0.2) is 31.8 Å². The lowest BCUT2D eigenvalue weighted by molar-refractivity contribution is 0.0947. The zero-order valence-corrected chi connectivity index (χ0v) is 15.1. The smallest absolute Gasteiger partial charge is 0.274 e. The van der Waals surface area contributed by atoms with Crippen molar-refractivity contribution in [3.05, 3.63) is 59.0 Å². The molecule has 1 amide bonds. The lowest BCUT2D eigenvalue weighted by atomic mass is 10.1. The molecule has 3 rings (SSSR count). The van der Waals surface area contributed by atoms with Gasteiger partial charge in [-0.1, -0.05) is 32.0 Å². The van der Waals surface area contributed by atoms with E-state index in [0.29, 0.717) is 29.6 Å². The number of fused-ring (bicyclic) bond motifs is 1. The van der Waals surface area contributed by atoms with E-state index >= 15 is 0 Å². The fourth-order valence-corrected chi connectivity index (χ4v) is 2.84. The van der Waals surface area contributed by atoms with Crippen LogP contribution in [0.4, 0.5) is 0 Å². The van der Waals surface area contributed by atoms with Crippen LogP contribution in [0.5, 0.6) is 0 Å². The van der Waals surface area contributed by atoms with Crippen molar-refractivity contribution in [1.82, 2.24) is 24.6 Å². The normalized spacial score (nSPS) is 11.2. The summed E-state index contributed by atoms with van der Waals surface area (Å²) in [5.74, 6) is -0.00297. The van der Waals surface area contributed by atoms with E-state index in [1.807, 2.05) is 30.7 Å². The first-order valence-corrected chi connectivity index (χ1v) is 8.80. The maximum absolute atomic E-state index is 12.7. The Morgan fingerprint density at radius 3 is 2.69 bits per heavy atom. The fourth-order valence-electron chi connectivity index (χ4n) is 2.84. The Morgan fingerprint density at radius 2 is 2.00 bits per heavy atom. The zero-order valence-electron chi connectivity index (χ0n) is 15.1. The summed E-state index contributed by atoms with van der Waals surface area (Å²) in [5, 5.41) is 8.36. The standard InChI is InChI=1S/C19H23N5O2/c1-14(2)12-24-19(26)16-7-4-3-6-15(16)17(22-24)18(25)21-8-5-10-23-11-9-20-13-23/h3-4,6-7,9,11,13-14H,5,8,10,12H2,1-2H3,(H,21,25). The molecule has 7 nitrogen and oxygen atoms in total. The number of amides is 1. The number of nitrogens with zero attached hydrogens (tertiary/aromatic N) is 4. The highest BCUT2D eigenvalue weighted by Gasteiger charge is 2.16. The first kappa shape index (κ1) is 17.8. The van der Waals surface area contributed by atoms with E-state index in [4.69, 9.17) is 0 Å². The molecule has 7 heteroatoms. The number of carbonyl (C=O) groups excluding carboxylic acids is 1. The average Bonchev–Trinajstić information content (AvgIpc) is 3.14. The van der Waals surface area contributed by atoms with Crippen molar-refractivity contribution in [2.24, 2.45) is 5.92 Å². The van der Waals surface area contributed by atoms with Crippen molar-refractivity contribution in [3.63, 3.8) is 0 Å². The van der Waals surface area contributed by atoms with Gasteiger partial charge in [-0.2, -0.15) is 5.10 Å². The van der Waals surface area contributed by atoms with Crippen LogP contribution in [-0.2, 0) is 13.1 Å². The fraction of sp³-hybridized carbons (Fsp3) is 0.368. The van der Waals surface area contributed by atoms with Crippen LogP contribution in [0.25, 0.3) is 10.8 Å². The van der Waals surface area contributed by atoms with E-state index in [2.05, 4.69) is 15.4 Å². The van der Waals surface area contributed by atoms with Gasteiger partial charge in [0.2, 0.25) is 0 Å². The van der Waals surface area contributed by atoms with Gasteiger partial charge in [0.25, 0.3) is 11.5 Å². The average molecular weight is 353 g/mol. The van der Waals surface area contributed by atoms with Crippen LogP contribution < -0.4 is 10.9 Å². The van der Waals surface area contributed by atoms with Crippen molar-refractivity contribution in [3.8, 4) is 0 Å². The van der Waals surface area contributed by atoms with Crippen LogP contribution in [0.15, 0.2) is 47.8 Å². The number of hydrogen-bond acceptors (Lipinski definition) is 4. The van der Waals surface area contributed by atoms with E-state index in [-0.39, 0.29) is 17.4 Å². The molecular weight excluding hydrogens is 330 g/mol. The molecule has 0 fully saturated rings. The maximum atomic E-state index is 12.7. The van der Waals surface area contributed by atoms with Gasteiger partial charge in [-0.3, -0.25) is 9.59 Å². The number of aromatic nitrogens is 4. The van der Waals surface area contributed by atoms with Gasteiger partial charge >= 0.3 is 0 Å². The molecule has 0 spiro atoms. The van der Waals surface area contributed by atoms with Gasteiger partial charge < -0.3 is 9.88 Å². The summed E-state index contributed by atoms with van der Waals surface area (Å²) in [5.41, 5.74) is 0.134. The molecular formula is C19H23N5O2. The number of aryl methyl sites for hydroxylation is 1. The molecule has 0 aliphatic heterocycles. The Labute approximate surface area is 151 Å². The molecule has 3 aromatic rings. The van der Waals surface area contributed by atoms with E-state index in [0.717, 1.165) is 13.0 Å². The maximum Gasteiger partial charge on any atom is 0.274 e. The molecule has 0 saturated heterocycles. The molecule has 0 atom stereocenters. The van der Waals surface area contributed by atoms with Crippen LogP contribution >= 0.6 is 0 Å². The molecule has 2 aromatic heterocycles. The molecule has 0 radical (unpaired) electrons. The van der Waals surface area contributed by atoms with Gasteiger partial charge in [0.1, 0.15) is 0 Å². The Balaban J connectivity index is 1.79. The van der Waals surface area contributed by atoms with Crippen molar-refractivity contribution in [1.29, 1.82) is 0 Å². The number of benzene rings is 1. The molecule has 136 valence electrons. The Kier molecular flexibility index (Phi) is 5.46. The first-order valence-electron chi connectivity index (χ1n) is 8.80. The quantitative estimate of drug-likeness (QED) is 0.659. The molecule has 1 N–H and O–H groups in total. The van der Waals surface area contributed by atoms with Crippen LogP contribution in [0.1, 0.15) is 30.8 Å². The van der Waals surface area contributed by atoms with Gasteiger partial charge in [0.05, 0.1) is 11.7 Å². The second-order valence-corrected chi connectivity index (χ2v) is 6.69. The monoisotopic (exact) mass is 353 g/mol. The number of hydrogen-bond donors (Lipinski definition) is 1. The van der Waals surface area contributed by atoms with E-state index in [9.17, 15) is 9.59 Å². The van der Waals surface area contributed by atoms with Crippen LogP contribution in [0.2, 0.25) is 0 Å². The van der Waals surface area contributed by atoms with E-state index in [1.165, 1.54) is 4.68 Å². The summed E-state index contributed by atoms with van der Waals surface area (Å²) in [6, 6.07) is 7.12. The van der Waals surface area contributed by atoms with Crippen molar-refractivity contribution < 1.29 is 4.79 Å². The minimum absolute atomic E-state index is 0.161. The predicted octanol–water partition coefficient (Wildman–Crippen LogP) is 2.07. The molecule has 0 unspecified atom stereocenters. The van der Waals surface area contributed by atoms with Gasteiger partial charge in [-0.25, -0.2) is 9.67 Å². The van der Waals surface area contributed by atoms with E-state index < -0.39 is 0 Å². The predicted molar refractivity (Wildman–Crippen MR) is 100 cm³/mol. The second kappa shape index (κ2) is 7.95. The highest BCUT2D eigenvalue weighted by Crippen LogP contribution is 2.13. The number of nitrogens with one attached hydrogen (secondary N) is 1. The van der Waals surface area contributed by atoms with Gasteiger partial charge in [-0.05, 0) is 18.4 Å². The molecule has 0 aliphatic carbocycles. The molecule has 0 aliphatic rings. The van der Waals surface area contributed by atoms with Gasteiger partial charge in [-0.15, -0.1) is 0 Å². The summed E-state index contributed by atoms with van der Waals surface area (Å²) in [6.45, 7) is 5.81. The zero-order chi connectivity index (χ0) is 18.5. The van der Waals surface area contributed by atoms with Gasteiger partial charge in [0, 0.05) is 37.4 Å². The Hall–Kier alpha value is -2.96. The van der Waals surface area contributed by atoms with Crippen molar-refractivity contribution >= 4 is 16.7 Å². The van der Waals surface area contributed by atoms with Crippen LogP contribution in [0, 0.1) is 5.92 Å². The molecule has 0 saturated carbocycles. The third-order valence-corrected chi connectivity index (χ3v) is 4.06. The molecule has 0 bridgehead atoms. The molecule has 1 aromatic carbocycles. The van der Waals surface area contributed by atoms with Gasteiger partial charge in [0.15, 0.2) is 5.69 Å². The first-order chi connectivity index (χ1) is 12.6. The Bertz CT molecular complexity index is 944. The SMILES string of the molecule is CC(C)Cn1nc(C(=O)NCCCn2ccnc2)c2ccccc2c1=O. The van der Waals surface area contributed by atoms with E-state index in [1.54, 1.807) is 30.7 Å². The number of rotatable bonds is 7. The summed E-state index contributed by atoms with van der Waals surface area (Å²) in [6.07, 6.45) is 6.15. The summed E-state index contributed by atoms with van der Waals surface area (Å²) < 4.78 is 3.36. The molecule has 26 heavy (non-hydrogen) atoms. The summed E-state index contributed by atoms with van der Waals surface area (Å²) in [7, 11) is 0. The van der Waals surface area contributed by atoms with Crippen LogP contribution in [0.3, 0.4) is 0 Å². The number of carbonyl (C=O) groups is 1. The Morgan fingerprint density at radius 1 is 1.23 bits per heavy atom. The number of imidazole rings is 1. The minimum Gasteiger partial charge on any atom is -0.351 e. The van der Waals surface area contributed by atoms with Crippen molar-refractivity contribution in [2.75, 3.05) is 6.54 Å². The molecule has 2 heterocycles. The third kappa shape index (κ3) is 3.99. The summed E-state index contributed by atoms with van der Waals surface area (Å²) >= 11 is 0. The lowest BCUT2D eigenvalue weighted by Gasteiger charge is -2.12. The minimum atomic E-state index is -0.260. The third-order valence-electron chi connectivity index (χ3n) is 4.06. The summed E-state index contributed by atoms with van der Waals surface area (Å²) in [4.78, 5) is 29.2. The lowest BCUT2D eigenvalue weighted by Crippen LogP contribution is -2.32.